The van der Waals surface area contributed by atoms with Crippen LogP contribution in [0.4, 0.5) is 0 Å². The zero-order valence-corrected chi connectivity index (χ0v) is 25.7. The highest BCUT2D eigenvalue weighted by atomic mass is 35.6. The highest BCUT2D eigenvalue weighted by molar-refractivity contribution is 6.76. The van der Waals surface area contributed by atoms with Crippen molar-refractivity contribution in [1.82, 2.24) is 5.32 Å². The van der Waals surface area contributed by atoms with Crippen LogP contribution in [0.2, 0.25) is 39.3 Å². The number of rotatable bonds is 7. The van der Waals surface area contributed by atoms with Crippen LogP contribution in [0.5, 0.6) is 0 Å². The molecule has 1 N–H and O–H groups in total. The maximum atomic E-state index is 13.1. The number of carbonyl (C=O) groups excluding carboxylic acids is 1. The van der Waals surface area contributed by atoms with Crippen molar-refractivity contribution in [3.63, 3.8) is 0 Å². The first kappa shape index (κ1) is 28.9. The number of hydrogen-bond donors (Lipinski definition) is 1. The van der Waals surface area contributed by atoms with Crippen LogP contribution in [0.3, 0.4) is 0 Å². The number of fused-ring (bicyclic) bond motifs is 1. The van der Waals surface area contributed by atoms with Crippen LogP contribution in [0, 0.1) is 5.92 Å². The quantitative estimate of drug-likeness (QED) is 0.204. The van der Waals surface area contributed by atoms with Crippen LogP contribution in [0.15, 0.2) is 12.7 Å². The van der Waals surface area contributed by atoms with Gasteiger partial charge >= 0.3 is 0 Å². The molecular weight excluding hydrogens is 537 g/mol. The summed E-state index contributed by atoms with van der Waals surface area (Å²) in [6.07, 6.45) is -0.188. The van der Waals surface area contributed by atoms with Gasteiger partial charge in [-0.15, -0.1) is 6.58 Å². The predicted molar refractivity (Wildman–Crippen MR) is 139 cm³/mol. The highest BCUT2D eigenvalue weighted by Gasteiger charge is 2.77. The zero-order chi connectivity index (χ0) is 26.1. The molecule has 2 heterocycles. The average molecular weight is 575 g/mol. The summed E-state index contributed by atoms with van der Waals surface area (Å²) in [4.78, 5) is 13.1. The van der Waals surface area contributed by atoms with Crippen LogP contribution >= 0.6 is 34.8 Å². The largest absolute Gasteiger partial charge is 0.409 e. The molecule has 1 amide bonds. The second-order valence-corrected chi connectivity index (χ2v) is 23.2. The number of hydrogen-bond acceptors (Lipinski definition) is 6. The van der Waals surface area contributed by atoms with Crippen molar-refractivity contribution >= 4 is 57.3 Å². The zero-order valence-electron chi connectivity index (χ0n) is 21.5. The molecule has 0 bridgehead atoms. The monoisotopic (exact) mass is 573 g/mol. The Bertz CT molecular complexity index is 827. The van der Waals surface area contributed by atoms with Crippen molar-refractivity contribution < 1.29 is 27.9 Å². The maximum absolute atomic E-state index is 13.1. The number of alkyl halides is 3. The van der Waals surface area contributed by atoms with E-state index in [0.29, 0.717) is 6.61 Å². The van der Waals surface area contributed by atoms with Crippen LogP contribution in [0.1, 0.15) is 20.8 Å². The standard InChI is InChI=1S/C22H38Cl3NO6Si2/c1-11-21(26-18(27)22(23,24)25)14(13-12-28-19(2,3)29-13)15-20(4,30-15)16(31-33(5,6)7)17(21)32-34(8,9)10/h11,13-17H,1,12H2,2-10H3,(H,26,27)/t13-,14+,15+,16+,17-,20+,21-/m1/s1. The summed E-state index contributed by atoms with van der Waals surface area (Å²) < 4.78 is 29.9. The van der Waals surface area contributed by atoms with Crippen LogP contribution in [0.25, 0.3) is 0 Å². The first-order valence-electron chi connectivity index (χ1n) is 11.5. The molecule has 0 unspecified atom stereocenters. The van der Waals surface area contributed by atoms with E-state index in [2.05, 4.69) is 51.2 Å². The third-order valence-corrected chi connectivity index (χ3v) is 8.83. The molecular formula is C22H38Cl3NO6Si2. The van der Waals surface area contributed by atoms with Gasteiger partial charge in [0.05, 0.1) is 30.5 Å². The molecule has 196 valence electrons. The summed E-state index contributed by atoms with van der Waals surface area (Å²) in [5.41, 5.74) is -1.84. The van der Waals surface area contributed by atoms with Crippen molar-refractivity contribution in [2.24, 2.45) is 5.92 Å². The van der Waals surface area contributed by atoms with Crippen molar-refractivity contribution in [3.05, 3.63) is 12.7 Å². The summed E-state index contributed by atoms with van der Waals surface area (Å²) in [5.74, 6) is -1.99. The third-order valence-electron chi connectivity index (χ3n) is 6.39. The van der Waals surface area contributed by atoms with Gasteiger partial charge in [-0.1, -0.05) is 40.9 Å². The number of carbonyl (C=O) groups is 1. The SMILES string of the molecule is C=C[C@@]1(NC(=O)C(Cl)(Cl)Cl)[C@@H]([C@H]2COC(C)(C)O2)[C@@H]2O[C@]2(C)[C@@H](O[Si](C)(C)C)[C@H]1O[Si](C)(C)C. The molecule has 2 aliphatic heterocycles. The Morgan fingerprint density at radius 2 is 1.56 bits per heavy atom. The second kappa shape index (κ2) is 8.96. The highest BCUT2D eigenvalue weighted by Crippen LogP contribution is 2.59. The van der Waals surface area contributed by atoms with E-state index in [1.165, 1.54) is 0 Å². The number of epoxide rings is 1. The summed E-state index contributed by atoms with van der Waals surface area (Å²) in [5, 5.41) is 3.00. The second-order valence-electron chi connectivity index (χ2n) is 12.0. The van der Waals surface area contributed by atoms with Gasteiger partial charge in [0.2, 0.25) is 0 Å². The van der Waals surface area contributed by atoms with E-state index in [-0.39, 0.29) is 6.10 Å². The van der Waals surface area contributed by atoms with Gasteiger partial charge < -0.3 is 28.4 Å². The van der Waals surface area contributed by atoms with Crippen LogP contribution in [-0.4, -0.2) is 74.3 Å². The summed E-state index contributed by atoms with van der Waals surface area (Å²) in [6.45, 7) is 22.7. The van der Waals surface area contributed by atoms with Gasteiger partial charge in [0.15, 0.2) is 22.4 Å². The topological polar surface area (TPSA) is 78.6 Å². The van der Waals surface area contributed by atoms with Gasteiger partial charge in [0, 0.05) is 5.92 Å². The minimum Gasteiger partial charge on any atom is -0.409 e. The molecule has 3 aliphatic rings. The molecule has 3 fully saturated rings. The van der Waals surface area contributed by atoms with E-state index < -0.39 is 67.5 Å². The Morgan fingerprint density at radius 1 is 1.03 bits per heavy atom. The van der Waals surface area contributed by atoms with Gasteiger partial charge in [-0.3, -0.25) is 4.79 Å². The lowest BCUT2D eigenvalue weighted by molar-refractivity contribution is -0.159. The first-order chi connectivity index (χ1) is 15.2. The molecule has 2 saturated heterocycles. The first-order valence-corrected chi connectivity index (χ1v) is 19.5. The Hall–Kier alpha value is 0.314. The van der Waals surface area contributed by atoms with Crippen LogP contribution < -0.4 is 5.32 Å². The van der Waals surface area contributed by atoms with Gasteiger partial charge in [-0.25, -0.2) is 0 Å². The predicted octanol–water partition coefficient (Wildman–Crippen LogP) is 4.78. The smallest absolute Gasteiger partial charge is 0.272 e. The number of nitrogens with one attached hydrogen (secondary N) is 1. The third kappa shape index (κ3) is 5.74. The van der Waals surface area contributed by atoms with Crippen molar-refractivity contribution in [2.75, 3.05) is 6.61 Å². The molecule has 7 atom stereocenters. The van der Waals surface area contributed by atoms with Gasteiger partial charge in [0.25, 0.3) is 9.70 Å². The Kier molecular flexibility index (Phi) is 7.61. The molecule has 0 aromatic rings. The van der Waals surface area contributed by atoms with Crippen molar-refractivity contribution in [3.8, 4) is 0 Å². The van der Waals surface area contributed by atoms with E-state index in [1.807, 2.05) is 20.8 Å². The molecule has 0 spiro atoms. The number of halogens is 3. The van der Waals surface area contributed by atoms with Gasteiger partial charge in [0.1, 0.15) is 11.7 Å². The molecule has 0 radical (unpaired) electrons. The van der Waals surface area contributed by atoms with Gasteiger partial charge in [-0.2, -0.15) is 0 Å². The van der Waals surface area contributed by atoms with E-state index in [4.69, 9.17) is 57.9 Å². The maximum Gasteiger partial charge on any atom is 0.272 e. The fourth-order valence-corrected chi connectivity index (χ4v) is 7.45. The van der Waals surface area contributed by atoms with E-state index in [0.717, 1.165) is 0 Å². The van der Waals surface area contributed by atoms with Crippen LogP contribution in [-0.2, 0) is 27.9 Å². The fraction of sp³-hybridized carbons (Fsp3) is 0.864. The summed E-state index contributed by atoms with van der Waals surface area (Å²) in [6, 6.07) is 0. The molecule has 0 aromatic carbocycles. The Morgan fingerprint density at radius 3 is 1.97 bits per heavy atom. The molecule has 7 nitrogen and oxygen atoms in total. The number of amides is 1. The lowest BCUT2D eigenvalue weighted by atomic mass is 9.64. The van der Waals surface area contributed by atoms with E-state index in [9.17, 15) is 4.79 Å². The van der Waals surface area contributed by atoms with Gasteiger partial charge in [-0.05, 0) is 60.1 Å². The molecule has 1 aliphatic carbocycles. The lowest BCUT2D eigenvalue weighted by Crippen LogP contribution is -2.75. The Balaban J connectivity index is 2.19. The van der Waals surface area contributed by atoms with Crippen molar-refractivity contribution in [1.29, 1.82) is 0 Å². The lowest BCUT2D eigenvalue weighted by Gasteiger charge is -2.54. The normalized spacial score (nSPS) is 39.9. The fourth-order valence-electron chi connectivity index (χ4n) is 5.11. The minimum absolute atomic E-state index is 0.312. The molecule has 3 rings (SSSR count). The van der Waals surface area contributed by atoms with E-state index >= 15 is 0 Å². The number of ether oxygens (including phenoxy) is 3. The van der Waals surface area contributed by atoms with Crippen molar-refractivity contribution in [2.45, 2.75) is 105 Å². The molecule has 34 heavy (non-hydrogen) atoms. The average Bonchev–Trinajstić information content (AvgIpc) is 3.18. The summed E-state index contributed by atoms with van der Waals surface area (Å²) >= 11 is 18.0. The molecule has 1 saturated carbocycles. The summed E-state index contributed by atoms with van der Waals surface area (Å²) in [7, 11) is -4.27. The minimum atomic E-state index is -2.20. The molecule has 12 heteroatoms. The Labute approximate surface area is 220 Å². The molecule has 0 aromatic heterocycles. The van der Waals surface area contributed by atoms with E-state index in [1.54, 1.807) is 6.08 Å².